The second-order valence-corrected chi connectivity index (χ2v) is 0.349. The van der Waals surface area contributed by atoms with E-state index in [1.54, 1.807) is 5.32 Å². The number of hydrogen-bond donors (Lipinski definition) is 1. The molecule has 0 radical (unpaired) electrons. The smallest absolute Gasteiger partial charge is 0.190 e. The first-order valence-electron chi connectivity index (χ1n) is 1.95. The van der Waals surface area contributed by atoms with Crippen LogP contribution < -0.4 is 5.32 Å². The summed E-state index contributed by atoms with van der Waals surface area (Å²) >= 11 is 0. The zero-order valence-electron chi connectivity index (χ0n) is 5.22. The van der Waals surface area contributed by atoms with Crippen molar-refractivity contribution in [3.05, 3.63) is 26.3 Å². The molecule has 0 aliphatic heterocycles. The van der Waals surface area contributed by atoms with Crippen molar-refractivity contribution in [1.82, 2.24) is 5.32 Å². The van der Waals surface area contributed by atoms with Gasteiger partial charge in [0.05, 0.1) is 0 Å². The van der Waals surface area contributed by atoms with Crippen molar-refractivity contribution in [1.29, 1.82) is 10.5 Å². The van der Waals surface area contributed by atoms with Crippen LogP contribution in [0.2, 0.25) is 0 Å². The molecule has 0 unspecified atom stereocenters. The molecule has 1 N–H and O–H groups in total. The van der Waals surface area contributed by atoms with Crippen LogP contribution in [0.5, 0.6) is 0 Å². The van der Waals surface area contributed by atoms with E-state index in [1.807, 2.05) is 0 Å². The van der Waals surface area contributed by atoms with Gasteiger partial charge >= 0.3 is 0 Å². The van der Waals surface area contributed by atoms with Crippen molar-refractivity contribution >= 4 is 0 Å². The summed E-state index contributed by atoms with van der Waals surface area (Å²) < 4.78 is 0. The molecule has 0 rings (SSSR count). The van der Waals surface area contributed by atoms with Crippen LogP contribution in [0.4, 0.5) is 0 Å². The highest BCUT2D eigenvalue weighted by Crippen LogP contribution is 1.28. The van der Waals surface area contributed by atoms with E-state index >= 15 is 0 Å². The second-order valence-electron chi connectivity index (χ2n) is 0.349. The van der Waals surface area contributed by atoms with Crippen LogP contribution >= 0.6 is 0 Å². The summed E-state index contributed by atoms with van der Waals surface area (Å²) in [4.78, 5) is 0. The highest BCUT2D eigenvalue weighted by atomic mass is 14.8. The lowest BCUT2D eigenvalue weighted by atomic mass is 11.2. The minimum absolute atomic E-state index is 1.41. The Kier molecular flexibility index (Phi) is 190. The monoisotopic (exact) mass is 123 g/mol. The van der Waals surface area contributed by atoms with Gasteiger partial charge in [0, 0.05) is 0 Å². The molecule has 0 aliphatic rings. The van der Waals surface area contributed by atoms with E-state index < -0.39 is 0 Å². The fourth-order valence-electron chi connectivity index (χ4n) is 0.0250. The average molecular weight is 123 g/mol. The Morgan fingerprint density at radius 3 is 1.11 bits per heavy atom. The fraction of sp³-hybridized carbons (Fsp3) is 0. The summed E-state index contributed by atoms with van der Waals surface area (Å²) in [6, 6.07) is 0. The maximum absolute atomic E-state index is 7.48. The van der Waals surface area contributed by atoms with Crippen LogP contribution in [0, 0.1) is 22.9 Å². The number of nitrogens with zero attached hydrogens (tertiary/aromatic N) is 2. The molecular formula is C6H9N3. The lowest BCUT2D eigenvalue weighted by Gasteiger charge is -1.56. The first kappa shape index (κ1) is 15.7. The van der Waals surface area contributed by atoms with Gasteiger partial charge in [0.1, 0.15) is 0 Å². The van der Waals surface area contributed by atoms with E-state index in [-0.39, 0.29) is 0 Å². The molecule has 3 heteroatoms. The summed E-state index contributed by atoms with van der Waals surface area (Å²) in [5, 5.41) is 16.7. The quantitative estimate of drug-likeness (QED) is 0.298. The van der Waals surface area contributed by atoms with Gasteiger partial charge in [-0.25, -0.2) is 5.32 Å². The molecule has 0 aromatic carbocycles. The zero-order chi connectivity index (χ0) is 8.12. The summed E-state index contributed by atoms with van der Waals surface area (Å²) in [6.07, 6.45) is 2.81. The number of nitriles is 2. The summed E-state index contributed by atoms with van der Waals surface area (Å²) in [7, 11) is 0. The third-order valence-corrected chi connectivity index (χ3v) is 0.112. The van der Waals surface area contributed by atoms with Crippen LogP contribution in [0.25, 0.3) is 0 Å². The van der Waals surface area contributed by atoms with Crippen LogP contribution in [-0.4, -0.2) is 0 Å². The average Bonchev–Trinajstić information content (AvgIpc) is 1.98. The molecule has 0 spiro atoms. The van der Waals surface area contributed by atoms with Crippen LogP contribution in [0.3, 0.4) is 0 Å². The predicted octanol–water partition coefficient (Wildman–Crippen LogP) is 1.14. The molecule has 9 heavy (non-hydrogen) atoms. The summed E-state index contributed by atoms with van der Waals surface area (Å²) in [5.41, 5.74) is 0. The number of rotatable bonds is 0. The molecule has 0 heterocycles. The van der Waals surface area contributed by atoms with Gasteiger partial charge < -0.3 is 0 Å². The van der Waals surface area contributed by atoms with Gasteiger partial charge in [0.2, 0.25) is 0 Å². The number of nitrogens with one attached hydrogen (secondary N) is 1. The van der Waals surface area contributed by atoms with Gasteiger partial charge in [-0.1, -0.05) is 0 Å². The second kappa shape index (κ2) is 109. The lowest BCUT2D eigenvalue weighted by Crippen LogP contribution is -1.88. The SMILES string of the molecule is C=C.C=C.N#CNC#N. The minimum Gasteiger partial charge on any atom is -0.229 e. The van der Waals surface area contributed by atoms with Crippen molar-refractivity contribution in [2.45, 2.75) is 0 Å². The molecule has 3 nitrogen and oxygen atoms in total. The Morgan fingerprint density at radius 1 is 0.889 bits per heavy atom. The van der Waals surface area contributed by atoms with Gasteiger partial charge in [0.15, 0.2) is 12.4 Å². The van der Waals surface area contributed by atoms with Crippen LogP contribution in [0.1, 0.15) is 0 Å². The Hall–Kier alpha value is -1.74. The molecule has 0 amide bonds. The lowest BCUT2D eigenvalue weighted by molar-refractivity contribution is 1.20. The van der Waals surface area contributed by atoms with Gasteiger partial charge in [-0.2, -0.15) is 10.5 Å². The summed E-state index contributed by atoms with van der Waals surface area (Å²) in [5.74, 6) is 0. The molecule has 0 saturated carbocycles. The summed E-state index contributed by atoms with van der Waals surface area (Å²) in [6.45, 7) is 12.0. The van der Waals surface area contributed by atoms with Crippen molar-refractivity contribution in [3.63, 3.8) is 0 Å². The Morgan fingerprint density at radius 2 is 1.11 bits per heavy atom. The normalized spacial score (nSPS) is 2.89. The van der Waals surface area contributed by atoms with E-state index in [9.17, 15) is 0 Å². The van der Waals surface area contributed by atoms with Crippen LogP contribution in [0.15, 0.2) is 26.3 Å². The van der Waals surface area contributed by atoms with Crippen molar-refractivity contribution in [2.75, 3.05) is 0 Å². The van der Waals surface area contributed by atoms with Gasteiger partial charge in [0.25, 0.3) is 0 Å². The molecule has 0 aromatic heterocycles. The molecule has 0 aliphatic carbocycles. The van der Waals surface area contributed by atoms with Crippen LogP contribution in [-0.2, 0) is 0 Å². The minimum atomic E-state index is 1.41. The van der Waals surface area contributed by atoms with Gasteiger partial charge in [-0.3, -0.25) is 0 Å². The maximum Gasteiger partial charge on any atom is 0.190 e. The van der Waals surface area contributed by atoms with E-state index in [1.165, 1.54) is 12.4 Å². The highest BCUT2D eigenvalue weighted by Gasteiger charge is 1.53. The van der Waals surface area contributed by atoms with Crippen molar-refractivity contribution in [3.8, 4) is 12.4 Å². The van der Waals surface area contributed by atoms with E-state index in [2.05, 4.69) is 26.3 Å². The largest absolute Gasteiger partial charge is 0.229 e. The zero-order valence-corrected chi connectivity index (χ0v) is 5.22. The number of hydrogen-bond acceptors (Lipinski definition) is 3. The van der Waals surface area contributed by atoms with E-state index in [0.29, 0.717) is 0 Å². The molecule has 0 atom stereocenters. The first-order valence-corrected chi connectivity index (χ1v) is 1.95. The molecule has 0 aromatic rings. The molecule has 0 fully saturated rings. The Balaban J connectivity index is -0.0000000771. The first-order chi connectivity index (χ1) is 4.41. The van der Waals surface area contributed by atoms with Crippen molar-refractivity contribution in [2.24, 2.45) is 0 Å². The molecule has 0 bridgehead atoms. The standard InChI is InChI=1S/C2HN3.2C2H4/c3-1-5-2-4;2*1-2/h5H;2*1-2H2. The van der Waals surface area contributed by atoms with Crippen molar-refractivity contribution < 1.29 is 0 Å². The Bertz CT molecular complexity index is 92.5. The molecule has 48 valence electrons. The van der Waals surface area contributed by atoms with E-state index in [4.69, 9.17) is 10.5 Å². The predicted molar refractivity (Wildman–Crippen MR) is 36.9 cm³/mol. The topological polar surface area (TPSA) is 59.6 Å². The third kappa shape index (κ3) is 1680. The third-order valence-electron chi connectivity index (χ3n) is 0.112. The molecular weight excluding hydrogens is 114 g/mol. The Labute approximate surface area is 55.5 Å². The van der Waals surface area contributed by atoms with Gasteiger partial charge in [-0.05, 0) is 0 Å². The highest BCUT2D eigenvalue weighted by molar-refractivity contribution is 4.77. The fourth-order valence-corrected chi connectivity index (χ4v) is 0.0250. The van der Waals surface area contributed by atoms with Gasteiger partial charge in [-0.15, -0.1) is 26.3 Å². The van der Waals surface area contributed by atoms with E-state index in [0.717, 1.165) is 0 Å². The molecule has 0 saturated heterocycles. The maximum atomic E-state index is 7.48.